The second-order valence-corrected chi connectivity index (χ2v) is 9.25. The summed E-state index contributed by atoms with van der Waals surface area (Å²) in [6, 6.07) is 11.7. The molecule has 1 N–H and O–H groups in total. The zero-order valence-electron chi connectivity index (χ0n) is 19.5. The summed E-state index contributed by atoms with van der Waals surface area (Å²) >= 11 is 7.54. The van der Waals surface area contributed by atoms with Crippen LogP contribution in [0.1, 0.15) is 11.6 Å². The molecule has 1 aromatic heterocycles. The number of hydrogen-bond donors (Lipinski definition) is 1. The van der Waals surface area contributed by atoms with E-state index in [2.05, 4.69) is 5.43 Å². The maximum Gasteiger partial charge on any atom is 0.262 e. The second-order valence-electron chi connectivity index (χ2n) is 7.76. The smallest absolute Gasteiger partial charge is 0.262 e. The Hall–Kier alpha value is -3.37. The molecular weight excluding hydrogens is 494 g/mol. The van der Waals surface area contributed by atoms with Gasteiger partial charge in [-0.05, 0) is 23.8 Å². The predicted octanol–water partition coefficient (Wildman–Crippen LogP) is 2.88. The van der Waals surface area contributed by atoms with Gasteiger partial charge in [-0.2, -0.15) is 0 Å². The average Bonchev–Trinajstić information content (AvgIpc) is 2.88. The Balaban J connectivity index is 1.52. The van der Waals surface area contributed by atoms with Crippen LogP contribution >= 0.6 is 23.4 Å². The molecule has 2 heterocycles. The quantitative estimate of drug-likeness (QED) is 0.278. The third-order valence-corrected chi connectivity index (χ3v) is 7.26. The number of carbonyl (C=O) groups excluding carboxylic acids is 2. The van der Waals surface area contributed by atoms with Gasteiger partial charge in [0.2, 0.25) is 11.7 Å². The van der Waals surface area contributed by atoms with Crippen molar-refractivity contribution in [2.75, 3.05) is 27.1 Å². The Morgan fingerprint density at radius 2 is 1.71 bits per heavy atom. The van der Waals surface area contributed by atoms with Gasteiger partial charge in [-0.25, -0.2) is 5.01 Å². The highest BCUT2D eigenvalue weighted by atomic mass is 35.5. The molecule has 3 aromatic rings. The number of pyridine rings is 1. The van der Waals surface area contributed by atoms with Gasteiger partial charge in [-0.3, -0.25) is 19.8 Å². The number of aryl methyl sites for hydroxylation is 1. The van der Waals surface area contributed by atoms with Gasteiger partial charge >= 0.3 is 0 Å². The fourth-order valence-corrected chi connectivity index (χ4v) is 5.20. The van der Waals surface area contributed by atoms with Gasteiger partial charge in [-0.1, -0.05) is 18.2 Å². The van der Waals surface area contributed by atoms with Crippen LogP contribution in [0.5, 0.6) is 17.2 Å². The molecule has 0 spiro atoms. The lowest BCUT2D eigenvalue weighted by Crippen LogP contribution is -2.63. The zero-order valence-corrected chi connectivity index (χ0v) is 21.1. The van der Waals surface area contributed by atoms with Crippen molar-refractivity contribution in [2.45, 2.75) is 16.3 Å². The summed E-state index contributed by atoms with van der Waals surface area (Å²) in [6.07, 6.45) is 0. The van der Waals surface area contributed by atoms with Crippen molar-refractivity contribution in [3.8, 4) is 17.2 Å². The van der Waals surface area contributed by atoms with E-state index in [1.165, 1.54) is 44.2 Å². The maximum atomic E-state index is 12.8. The number of thioether (sulfide) groups is 1. The second kappa shape index (κ2) is 10.1. The number of fused-ring (bicyclic) bond motifs is 1. The zero-order chi connectivity index (χ0) is 25.3. The molecule has 0 unspecified atom stereocenters. The number of ether oxygens (including phenoxy) is 3. The van der Waals surface area contributed by atoms with Gasteiger partial charge in [0, 0.05) is 23.4 Å². The minimum Gasteiger partial charge on any atom is -0.493 e. The lowest BCUT2D eigenvalue weighted by Gasteiger charge is -2.44. The Kier molecular flexibility index (Phi) is 7.13. The molecule has 4 rings (SSSR count). The number of hydrazine groups is 1. The minimum absolute atomic E-state index is 0.00410. The van der Waals surface area contributed by atoms with Crippen molar-refractivity contribution in [1.82, 2.24) is 15.0 Å². The molecule has 2 atom stereocenters. The number of nitrogens with zero attached hydrogens (tertiary/aromatic N) is 2. The van der Waals surface area contributed by atoms with Gasteiger partial charge < -0.3 is 18.8 Å². The minimum atomic E-state index is -0.869. The van der Waals surface area contributed by atoms with E-state index < -0.39 is 23.2 Å². The number of aromatic nitrogens is 1. The number of amides is 2. The number of hydrogen-bond acceptors (Lipinski definition) is 7. The summed E-state index contributed by atoms with van der Waals surface area (Å²) in [4.78, 5) is 38.2. The van der Waals surface area contributed by atoms with Crippen molar-refractivity contribution < 1.29 is 23.8 Å². The monoisotopic (exact) mass is 517 g/mol. The van der Waals surface area contributed by atoms with Gasteiger partial charge in [-0.15, -0.1) is 23.4 Å². The third kappa shape index (κ3) is 4.51. The molecule has 1 fully saturated rings. The fraction of sp³-hybridized carbons (Fsp3) is 0.292. The van der Waals surface area contributed by atoms with Crippen molar-refractivity contribution >= 4 is 46.1 Å². The van der Waals surface area contributed by atoms with Crippen molar-refractivity contribution in [3.63, 3.8) is 0 Å². The molecule has 0 bridgehead atoms. The summed E-state index contributed by atoms with van der Waals surface area (Å²) in [7, 11) is 6.17. The van der Waals surface area contributed by atoms with E-state index in [1.54, 1.807) is 23.7 Å². The lowest BCUT2D eigenvalue weighted by atomic mass is 9.94. The highest BCUT2D eigenvalue weighted by molar-refractivity contribution is 8.00. The molecule has 2 amide bonds. The first-order valence-electron chi connectivity index (χ1n) is 10.6. The number of nitrogens with one attached hydrogen (secondary N) is 1. The van der Waals surface area contributed by atoms with E-state index in [1.807, 2.05) is 24.3 Å². The number of methoxy groups -OCH3 is 3. The number of benzene rings is 2. The van der Waals surface area contributed by atoms with Gasteiger partial charge in [0.05, 0.1) is 32.6 Å². The average molecular weight is 518 g/mol. The van der Waals surface area contributed by atoms with Gasteiger partial charge in [0.15, 0.2) is 11.5 Å². The standard InChI is InChI=1S/C24H24ClN3O6S/c1-27-15-8-6-5-7-14(15)18(11-20(27)30)35-12-19(29)26-28-22(21(25)24(28)31)13-9-16(32-2)23(34-4)17(10-13)33-3/h5-11,21-22H,12H2,1-4H3,(H,26,29)/t21-,22-/m1/s1. The fourth-order valence-electron chi connectivity index (χ4n) is 3.98. The van der Waals surface area contributed by atoms with E-state index >= 15 is 0 Å². The van der Waals surface area contributed by atoms with E-state index in [9.17, 15) is 14.4 Å². The summed E-state index contributed by atoms with van der Waals surface area (Å²) in [6.45, 7) is 0. The first-order valence-corrected chi connectivity index (χ1v) is 12.0. The van der Waals surface area contributed by atoms with Crippen LogP contribution in [0, 0.1) is 0 Å². The highest BCUT2D eigenvalue weighted by Crippen LogP contribution is 2.45. The maximum absolute atomic E-state index is 12.8. The molecule has 2 aromatic carbocycles. The Morgan fingerprint density at radius 3 is 2.34 bits per heavy atom. The lowest BCUT2D eigenvalue weighted by molar-refractivity contribution is -0.155. The number of carbonyl (C=O) groups is 2. The SMILES string of the molecule is COc1cc([C@@H]2[C@@H](Cl)C(=O)N2NC(=O)CSc2cc(=O)n(C)c3ccccc23)cc(OC)c1OC. The molecule has 1 aliphatic heterocycles. The summed E-state index contributed by atoms with van der Waals surface area (Å²) in [5.74, 6) is 0.380. The predicted molar refractivity (Wildman–Crippen MR) is 133 cm³/mol. The van der Waals surface area contributed by atoms with Crippen LogP contribution in [0.3, 0.4) is 0 Å². The van der Waals surface area contributed by atoms with Crippen LogP contribution in [0.2, 0.25) is 0 Å². The van der Waals surface area contributed by atoms with Crippen LogP contribution in [0.4, 0.5) is 0 Å². The number of para-hydroxylation sites is 1. The van der Waals surface area contributed by atoms with Crippen LogP contribution in [0.25, 0.3) is 10.9 Å². The topological polar surface area (TPSA) is 99.1 Å². The van der Waals surface area contributed by atoms with Crippen molar-refractivity contribution in [3.05, 3.63) is 58.4 Å². The van der Waals surface area contributed by atoms with Crippen LogP contribution in [-0.4, -0.2) is 53.8 Å². The van der Waals surface area contributed by atoms with Crippen LogP contribution < -0.4 is 25.2 Å². The number of halogens is 1. The molecule has 9 nitrogen and oxygen atoms in total. The van der Waals surface area contributed by atoms with E-state index in [4.69, 9.17) is 25.8 Å². The number of alkyl halides is 1. The van der Waals surface area contributed by atoms with Gasteiger partial charge in [0.25, 0.3) is 11.5 Å². The molecule has 0 saturated carbocycles. The Morgan fingerprint density at radius 1 is 1.06 bits per heavy atom. The third-order valence-electron chi connectivity index (χ3n) is 5.78. The van der Waals surface area contributed by atoms with Gasteiger partial charge in [0.1, 0.15) is 11.4 Å². The molecule has 0 radical (unpaired) electrons. The Bertz CT molecular complexity index is 1340. The molecule has 0 aliphatic carbocycles. The number of β-lactam (4-membered cyclic amide) rings is 1. The molecule has 184 valence electrons. The van der Waals surface area contributed by atoms with E-state index in [-0.39, 0.29) is 11.3 Å². The van der Waals surface area contributed by atoms with Crippen LogP contribution in [0.15, 0.2) is 52.2 Å². The molecule has 1 saturated heterocycles. The first-order chi connectivity index (χ1) is 16.8. The van der Waals surface area contributed by atoms with E-state index in [0.29, 0.717) is 27.7 Å². The normalized spacial score (nSPS) is 17.2. The van der Waals surface area contributed by atoms with Crippen molar-refractivity contribution in [1.29, 1.82) is 0 Å². The largest absolute Gasteiger partial charge is 0.493 e. The Labute approximate surface area is 210 Å². The highest BCUT2D eigenvalue weighted by Gasteiger charge is 2.49. The molecule has 11 heteroatoms. The first kappa shape index (κ1) is 24.7. The van der Waals surface area contributed by atoms with Crippen molar-refractivity contribution in [2.24, 2.45) is 7.05 Å². The molecule has 1 aliphatic rings. The molecule has 35 heavy (non-hydrogen) atoms. The van der Waals surface area contributed by atoms with Crippen LogP contribution in [-0.2, 0) is 16.6 Å². The number of rotatable bonds is 8. The summed E-state index contributed by atoms with van der Waals surface area (Å²) in [5, 5.41) is 1.19. The summed E-state index contributed by atoms with van der Waals surface area (Å²) in [5.41, 5.74) is 3.85. The van der Waals surface area contributed by atoms with E-state index in [0.717, 1.165) is 10.9 Å². The summed E-state index contributed by atoms with van der Waals surface area (Å²) < 4.78 is 17.7. The molecular formula is C24H24ClN3O6S.